The zero-order valence-electron chi connectivity index (χ0n) is 10.9. The van der Waals surface area contributed by atoms with E-state index in [2.05, 4.69) is 21.7 Å². The van der Waals surface area contributed by atoms with Gasteiger partial charge in [0.2, 0.25) is 0 Å². The Morgan fingerprint density at radius 2 is 1.85 bits per heavy atom. The maximum atomic E-state index is 11.7. The number of hydrogen-bond acceptors (Lipinski definition) is 1. The monoisotopic (exact) mass is 330 g/mol. The molecule has 0 amide bonds. The number of halogens is 1. The van der Waals surface area contributed by atoms with Gasteiger partial charge in [0.05, 0.1) is 0 Å². The first-order valence-corrected chi connectivity index (χ1v) is 6.37. The fourth-order valence-electron chi connectivity index (χ4n) is 2.21. The summed E-state index contributed by atoms with van der Waals surface area (Å²) in [6.45, 7) is 0.869. The van der Waals surface area contributed by atoms with Crippen molar-refractivity contribution < 1.29 is 21.5 Å². The highest BCUT2D eigenvalue weighted by molar-refractivity contribution is 5.79. The van der Waals surface area contributed by atoms with E-state index >= 15 is 0 Å². The third-order valence-electron chi connectivity index (χ3n) is 3.27. The van der Waals surface area contributed by atoms with Gasteiger partial charge < -0.3 is 22.0 Å². The van der Waals surface area contributed by atoms with Gasteiger partial charge >= 0.3 is 0 Å². The Kier molecular flexibility index (Phi) is 4.69. The van der Waals surface area contributed by atoms with Gasteiger partial charge in [0.15, 0.2) is 18.9 Å². The molecule has 0 aliphatic rings. The lowest BCUT2D eigenvalue weighted by Gasteiger charge is -2.00. The van der Waals surface area contributed by atoms with Gasteiger partial charge in [0, 0.05) is 24.1 Å². The van der Waals surface area contributed by atoms with Gasteiger partial charge in [-0.05, 0) is 11.6 Å². The predicted octanol–water partition coefficient (Wildman–Crippen LogP) is -0.938. The second-order valence-corrected chi connectivity index (χ2v) is 4.59. The van der Waals surface area contributed by atoms with E-state index < -0.39 is 0 Å². The molecule has 1 aromatic carbocycles. The largest absolute Gasteiger partial charge is 1.00 e. The van der Waals surface area contributed by atoms with E-state index in [1.54, 1.807) is 6.20 Å². The fourth-order valence-corrected chi connectivity index (χ4v) is 2.21. The Morgan fingerprint density at radius 3 is 2.65 bits per heavy atom. The molecule has 20 heavy (non-hydrogen) atoms. The molecule has 0 fully saturated rings. The van der Waals surface area contributed by atoms with E-state index in [1.165, 1.54) is 5.56 Å². The van der Waals surface area contributed by atoms with E-state index in [-0.39, 0.29) is 22.5 Å². The SMILES string of the molecule is O=c1[nH]ccc2cc[n+](CCc3ccccc3)cc12.[Br-]. The molecule has 0 aliphatic carbocycles. The van der Waals surface area contributed by atoms with E-state index in [4.69, 9.17) is 0 Å². The molecule has 3 nitrogen and oxygen atoms in total. The number of nitrogens with zero attached hydrogens (tertiary/aromatic N) is 1. The number of pyridine rings is 2. The first kappa shape index (κ1) is 14.5. The van der Waals surface area contributed by atoms with Crippen LogP contribution in [-0.2, 0) is 13.0 Å². The number of aromatic amines is 1. The molecule has 3 aromatic rings. The molecule has 0 spiro atoms. The Balaban J connectivity index is 0.00000147. The predicted molar refractivity (Wildman–Crippen MR) is 74.9 cm³/mol. The molecule has 102 valence electrons. The number of aromatic nitrogens is 2. The van der Waals surface area contributed by atoms with Crippen molar-refractivity contribution in [1.29, 1.82) is 0 Å². The van der Waals surface area contributed by atoms with Crippen LogP contribution in [0.5, 0.6) is 0 Å². The summed E-state index contributed by atoms with van der Waals surface area (Å²) < 4.78 is 2.06. The van der Waals surface area contributed by atoms with E-state index in [9.17, 15) is 4.79 Å². The summed E-state index contributed by atoms with van der Waals surface area (Å²) >= 11 is 0. The standard InChI is InChI=1S/C16H14N2O.BrH/c19-16-15-12-18(11-8-14(15)6-9-17-16)10-7-13-4-2-1-3-5-13;/h1-6,8-9,11-12H,7,10H2;1H. The Labute approximate surface area is 127 Å². The summed E-state index contributed by atoms with van der Waals surface area (Å²) in [7, 11) is 0. The molecular weight excluding hydrogens is 316 g/mol. The van der Waals surface area contributed by atoms with Crippen LogP contribution in [0.2, 0.25) is 0 Å². The van der Waals surface area contributed by atoms with Crippen LogP contribution in [-0.4, -0.2) is 4.98 Å². The average molecular weight is 331 g/mol. The van der Waals surface area contributed by atoms with E-state index in [1.807, 2.05) is 42.7 Å². The smallest absolute Gasteiger partial charge is 0.261 e. The summed E-state index contributed by atoms with van der Waals surface area (Å²) in [5, 5.41) is 1.71. The summed E-state index contributed by atoms with van der Waals surface area (Å²) in [5.74, 6) is 0. The van der Waals surface area contributed by atoms with Crippen LogP contribution in [0.15, 0.2) is 65.8 Å². The Morgan fingerprint density at radius 1 is 1.05 bits per heavy atom. The summed E-state index contributed by atoms with van der Waals surface area (Å²) in [6, 6.07) is 14.2. The summed E-state index contributed by atoms with van der Waals surface area (Å²) in [5.41, 5.74) is 1.27. The normalized spacial score (nSPS) is 10.2. The minimum Gasteiger partial charge on any atom is -1.00 e. The highest BCUT2D eigenvalue weighted by Crippen LogP contribution is 2.04. The van der Waals surface area contributed by atoms with Crippen molar-refractivity contribution in [3.8, 4) is 0 Å². The molecule has 3 rings (SSSR count). The number of rotatable bonds is 3. The first-order valence-electron chi connectivity index (χ1n) is 6.37. The molecule has 0 bridgehead atoms. The lowest BCUT2D eigenvalue weighted by molar-refractivity contribution is -0.695. The van der Waals surface area contributed by atoms with Crippen molar-refractivity contribution in [1.82, 2.24) is 4.98 Å². The number of hydrogen-bond donors (Lipinski definition) is 1. The molecule has 4 heteroatoms. The van der Waals surface area contributed by atoms with Crippen molar-refractivity contribution in [2.24, 2.45) is 0 Å². The first-order chi connectivity index (χ1) is 9.33. The summed E-state index contributed by atoms with van der Waals surface area (Å²) in [6.07, 6.45) is 6.57. The van der Waals surface area contributed by atoms with Gasteiger partial charge in [-0.25, -0.2) is 4.57 Å². The Hall–Kier alpha value is -1.94. The van der Waals surface area contributed by atoms with Gasteiger partial charge in [-0.3, -0.25) is 4.79 Å². The van der Waals surface area contributed by atoms with Crippen LogP contribution in [0.4, 0.5) is 0 Å². The molecule has 2 aromatic heterocycles. The van der Waals surface area contributed by atoms with Crippen molar-refractivity contribution >= 4 is 10.8 Å². The molecule has 0 saturated heterocycles. The average Bonchev–Trinajstić information content (AvgIpc) is 2.47. The highest BCUT2D eigenvalue weighted by Gasteiger charge is 2.06. The van der Waals surface area contributed by atoms with Crippen LogP contribution in [0, 0.1) is 0 Å². The van der Waals surface area contributed by atoms with E-state index in [0.29, 0.717) is 0 Å². The zero-order chi connectivity index (χ0) is 13.1. The van der Waals surface area contributed by atoms with Gasteiger partial charge in [0.1, 0.15) is 5.39 Å². The Bertz CT molecular complexity index is 753. The molecule has 0 radical (unpaired) electrons. The quantitative estimate of drug-likeness (QED) is 0.618. The molecule has 0 atom stereocenters. The van der Waals surface area contributed by atoms with Crippen molar-refractivity contribution in [3.63, 3.8) is 0 Å². The lowest BCUT2D eigenvalue weighted by Crippen LogP contribution is -3.00. The summed E-state index contributed by atoms with van der Waals surface area (Å²) in [4.78, 5) is 14.4. The molecule has 0 saturated carbocycles. The molecule has 0 aliphatic heterocycles. The van der Waals surface area contributed by atoms with Crippen molar-refractivity contribution in [2.75, 3.05) is 0 Å². The maximum absolute atomic E-state index is 11.7. The molecular formula is C16H15BrN2O. The van der Waals surface area contributed by atoms with Crippen LogP contribution >= 0.6 is 0 Å². The number of aryl methyl sites for hydroxylation is 2. The molecule has 0 unspecified atom stereocenters. The maximum Gasteiger partial charge on any atom is 0.261 e. The number of fused-ring (bicyclic) bond motifs is 1. The van der Waals surface area contributed by atoms with Crippen LogP contribution < -0.4 is 27.1 Å². The molecule has 1 N–H and O–H groups in total. The topological polar surface area (TPSA) is 36.7 Å². The van der Waals surface area contributed by atoms with E-state index in [0.717, 1.165) is 23.7 Å². The second kappa shape index (κ2) is 6.48. The van der Waals surface area contributed by atoms with Gasteiger partial charge in [0.25, 0.3) is 5.56 Å². The highest BCUT2D eigenvalue weighted by atomic mass is 79.9. The molecule has 2 heterocycles. The van der Waals surface area contributed by atoms with Gasteiger partial charge in [-0.1, -0.05) is 30.3 Å². The fraction of sp³-hybridized carbons (Fsp3) is 0.125. The minimum atomic E-state index is -0.0356. The lowest BCUT2D eigenvalue weighted by atomic mass is 10.1. The van der Waals surface area contributed by atoms with Crippen LogP contribution in [0.1, 0.15) is 5.56 Å². The van der Waals surface area contributed by atoms with Gasteiger partial charge in [-0.2, -0.15) is 0 Å². The zero-order valence-corrected chi connectivity index (χ0v) is 12.5. The second-order valence-electron chi connectivity index (χ2n) is 4.59. The number of H-pyrrole nitrogens is 1. The van der Waals surface area contributed by atoms with Crippen molar-refractivity contribution in [2.45, 2.75) is 13.0 Å². The third-order valence-corrected chi connectivity index (χ3v) is 3.27. The minimum absolute atomic E-state index is 0. The third kappa shape index (κ3) is 3.14. The van der Waals surface area contributed by atoms with Crippen LogP contribution in [0.25, 0.3) is 10.8 Å². The number of nitrogens with one attached hydrogen (secondary N) is 1. The number of benzene rings is 1. The van der Waals surface area contributed by atoms with Gasteiger partial charge in [-0.15, -0.1) is 0 Å². The van der Waals surface area contributed by atoms with Crippen molar-refractivity contribution in [3.05, 3.63) is 77.0 Å². The van der Waals surface area contributed by atoms with Crippen LogP contribution in [0.3, 0.4) is 0 Å².